The van der Waals surface area contributed by atoms with Gasteiger partial charge < -0.3 is 5.32 Å². The zero-order valence-corrected chi connectivity index (χ0v) is 15.7. The zero-order chi connectivity index (χ0) is 17.9. The molecule has 9 heteroatoms. The monoisotopic (exact) mass is 401 g/mol. The van der Waals surface area contributed by atoms with Crippen molar-refractivity contribution in [3.8, 4) is 11.3 Å². The van der Waals surface area contributed by atoms with Crippen molar-refractivity contribution in [2.75, 3.05) is 0 Å². The molecule has 4 heterocycles. The van der Waals surface area contributed by atoms with Gasteiger partial charge in [0.15, 0.2) is 10.1 Å². The molecule has 0 bridgehead atoms. The third-order valence-electron chi connectivity index (χ3n) is 3.59. The molecule has 0 spiro atoms. The van der Waals surface area contributed by atoms with Crippen LogP contribution in [0.3, 0.4) is 0 Å². The fourth-order valence-corrected chi connectivity index (χ4v) is 4.10. The Bertz CT molecular complexity index is 1080. The lowest BCUT2D eigenvalue weighted by molar-refractivity contribution is -0.116. The maximum Gasteiger partial charge on any atom is 0.244 e. The minimum atomic E-state index is -0.216. The molecule has 1 amide bonds. The van der Waals surface area contributed by atoms with Crippen LogP contribution in [0.2, 0.25) is 5.15 Å². The molecule has 26 heavy (non-hydrogen) atoms. The van der Waals surface area contributed by atoms with E-state index in [4.69, 9.17) is 11.6 Å². The van der Waals surface area contributed by atoms with E-state index < -0.39 is 0 Å². The number of pyridine rings is 1. The number of halogens is 1. The summed E-state index contributed by atoms with van der Waals surface area (Å²) in [5.41, 5.74) is 2.57. The van der Waals surface area contributed by atoms with E-state index in [2.05, 4.69) is 20.3 Å². The normalized spacial score (nSPS) is 11.4. The molecule has 0 fully saturated rings. The fraction of sp³-hybridized carbons (Fsp3) is 0.0588. The van der Waals surface area contributed by atoms with Crippen LogP contribution >= 0.6 is 34.3 Å². The molecule has 0 aliphatic carbocycles. The predicted molar refractivity (Wildman–Crippen MR) is 104 cm³/mol. The van der Waals surface area contributed by atoms with Crippen LogP contribution in [0.1, 0.15) is 10.7 Å². The van der Waals surface area contributed by atoms with Crippen molar-refractivity contribution in [2.45, 2.75) is 6.54 Å². The van der Waals surface area contributed by atoms with Crippen molar-refractivity contribution >= 4 is 51.2 Å². The van der Waals surface area contributed by atoms with E-state index in [1.54, 1.807) is 18.5 Å². The van der Waals surface area contributed by atoms with Gasteiger partial charge in [-0.05, 0) is 18.2 Å². The highest BCUT2D eigenvalue weighted by Crippen LogP contribution is 2.23. The number of nitrogens with one attached hydrogen (secondary N) is 1. The third-order valence-corrected chi connectivity index (χ3v) is 5.47. The molecule has 0 radical (unpaired) electrons. The van der Waals surface area contributed by atoms with Crippen LogP contribution in [-0.2, 0) is 11.3 Å². The Morgan fingerprint density at radius 2 is 2.12 bits per heavy atom. The standard InChI is InChI=1S/C17H12ClN5OS2/c18-16-13(23-7-8-25-17(23)22-16)1-2-14(24)20-9-15-21-12(10-26-15)11-3-5-19-6-4-11/h1-8,10H,9H2,(H,20,24)/b2-1+. The zero-order valence-electron chi connectivity index (χ0n) is 13.3. The number of nitrogens with zero attached hydrogens (tertiary/aromatic N) is 4. The summed E-state index contributed by atoms with van der Waals surface area (Å²) in [4.78, 5) is 25.6. The van der Waals surface area contributed by atoms with E-state index in [0.29, 0.717) is 17.4 Å². The topological polar surface area (TPSA) is 72.2 Å². The van der Waals surface area contributed by atoms with Crippen molar-refractivity contribution in [1.82, 2.24) is 24.7 Å². The summed E-state index contributed by atoms with van der Waals surface area (Å²) < 4.78 is 1.85. The third kappa shape index (κ3) is 3.52. The number of fused-ring (bicyclic) bond motifs is 1. The van der Waals surface area contributed by atoms with Gasteiger partial charge in [-0.2, -0.15) is 0 Å². The summed E-state index contributed by atoms with van der Waals surface area (Å²) in [6, 6.07) is 3.81. The molecule has 4 rings (SSSR count). The Balaban J connectivity index is 1.39. The number of thiazole rings is 2. The molecular formula is C17H12ClN5OS2. The largest absolute Gasteiger partial charge is 0.346 e. The van der Waals surface area contributed by atoms with Gasteiger partial charge in [-0.1, -0.05) is 11.6 Å². The lowest BCUT2D eigenvalue weighted by Crippen LogP contribution is -2.20. The lowest BCUT2D eigenvalue weighted by atomic mass is 10.2. The van der Waals surface area contributed by atoms with Crippen molar-refractivity contribution in [1.29, 1.82) is 0 Å². The molecule has 0 aliphatic rings. The fourth-order valence-electron chi connectivity index (χ4n) is 2.35. The van der Waals surface area contributed by atoms with Crippen LogP contribution in [-0.4, -0.2) is 25.3 Å². The average Bonchev–Trinajstić information content (AvgIpc) is 3.36. The SMILES string of the molecule is O=C(/C=C/c1c(Cl)nc2sccn12)NCc1nc(-c2ccncc2)cs1. The van der Waals surface area contributed by atoms with E-state index in [1.165, 1.54) is 28.7 Å². The molecule has 0 saturated heterocycles. The van der Waals surface area contributed by atoms with Gasteiger partial charge >= 0.3 is 0 Å². The molecule has 1 N–H and O–H groups in total. The first kappa shape index (κ1) is 16.9. The number of imidazole rings is 1. The number of carbonyl (C=O) groups excluding carboxylic acids is 1. The Hall–Kier alpha value is -2.55. The first-order valence-corrected chi connectivity index (χ1v) is 9.76. The Kier molecular flexibility index (Phi) is 4.79. The van der Waals surface area contributed by atoms with Crippen molar-refractivity contribution in [3.63, 3.8) is 0 Å². The predicted octanol–water partition coefficient (Wildman–Crippen LogP) is 3.90. The van der Waals surface area contributed by atoms with Crippen molar-refractivity contribution in [3.05, 3.63) is 63.4 Å². The highest BCUT2D eigenvalue weighted by molar-refractivity contribution is 7.15. The molecule has 0 aromatic carbocycles. The van der Waals surface area contributed by atoms with Crippen LogP contribution in [0, 0.1) is 0 Å². The first-order valence-electron chi connectivity index (χ1n) is 7.62. The summed E-state index contributed by atoms with van der Waals surface area (Å²) in [7, 11) is 0. The summed E-state index contributed by atoms with van der Waals surface area (Å²) in [6.07, 6.45) is 8.44. The Morgan fingerprint density at radius 1 is 1.27 bits per heavy atom. The van der Waals surface area contributed by atoms with Crippen molar-refractivity contribution < 1.29 is 4.79 Å². The van der Waals surface area contributed by atoms with E-state index in [1.807, 2.05) is 33.5 Å². The summed E-state index contributed by atoms with van der Waals surface area (Å²) in [6.45, 7) is 0.368. The second-order valence-corrected chi connectivity index (χ2v) is 7.43. The van der Waals surface area contributed by atoms with Crippen LogP contribution in [0.15, 0.2) is 47.6 Å². The molecule has 4 aromatic rings. The molecule has 0 aliphatic heterocycles. The van der Waals surface area contributed by atoms with Gasteiger partial charge in [-0.25, -0.2) is 9.97 Å². The van der Waals surface area contributed by atoms with Gasteiger partial charge in [0.05, 0.1) is 17.9 Å². The molecule has 130 valence electrons. The first-order chi connectivity index (χ1) is 12.7. The van der Waals surface area contributed by atoms with Gasteiger partial charge in [-0.3, -0.25) is 14.2 Å². The van der Waals surface area contributed by atoms with Crippen LogP contribution in [0.5, 0.6) is 0 Å². The molecule has 0 atom stereocenters. The molecule has 4 aromatic heterocycles. The summed E-state index contributed by atoms with van der Waals surface area (Å²) in [5, 5.41) is 7.92. The molecular weight excluding hydrogens is 390 g/mol. The molecule has 0 unspecified atom stereocenters. The molecule has 0 saturated carbocycles. The Morgan fingerprint density at radius 3 is 2.96 bits per heavy atom. The summed E-state index contributed by atoms with van der Waals surface area (Å²) in [5.74, 6) is -0.216. The summed E-state index contributed by atoms with van der Waals surface area (Å²) >= 11 is 9.10. The number of hydrogen-bond acceptors (Lipinski definition) is 6. The Labute approximate surface area is 161 Å². The van der Waals surface area contributed by atoms with E-state index >= 15 is 0 Å². The van der Waals surface area contributed by atoms with E-state index in [-0.39, 0.29) is 5.91 Å². The average molecular weight is 402 g/mol. The van der Waals surface area contributed by atoms with Gasteiger partial charge in [0.2, 0.25) is 5.91 Å². The van der Waals surface area contributed by atoms with E-state index in [9.17, 15) is 4.79 Å². The van der Waals surface area contributed by atoms with Gasteiger partial charge in [0, 0.05) is 41.0 Å². The van der Waals surface area contributed by atoms with Crippen LogP contribution in [0.4, 0.5) is 0 Å². The lowest BCUT2D eigenvalue weighted by Gasteiger charge is -1.99. The van der Waals surface area contributed by atoms with Gasteiger partial charge in [0.1, 0.15) is 5.01 Å². The van der Waals surface area contributed by atoms with Gasteiger partial charge in [-0.15, -0.1) is 22.7 Å². The number of rotatable bonds is 5. The minimum absolute atomic E-state index is 0.216. The van der Waals surface area contributed by atoms with Crippen LogP contribution < -0.4 is 5.32 Å². The molecule has 6 nitrogen and oxygen atoms in total. The second-order valence-electron chi connectivity index (χ2n) is 5.26. The smallest absolute Gasteiger partial charge is 0.244 e. The highest BCUT2D eigenvalue weighted by atomic mass is 35.5. The van der Waals surface area contributed by atoms with Crippen molar-refractivity contribution in [2.24, 2.45) is 0 Å². The number of amides is 1. The number of aromatic nitrogens is 4. The van der Waals surface area contributed by atoms with Gasteiger partial charge in [0.25, 0.3) is 0 Å². The van der Waals surface area contributed by atoms with E-state index in [0.717, 1.165) is 21.2 Å². The maximum atomic E-state index is 12.1. The minimum Gasteiger partial charge on any atom is -0.346 e. The van der Waals surface area contributed by atoms with Crippen LogP contribution in [0.25, 0.3) is 22.3 Å². The number of hydrogen-bond donors (Lipinski definition) is 1. The highest BCUT2D eigenvalue weighted by Gasteiger charge is 2.09. The maximum absolute atomic E-state index is 12.1. The second kappa shape index (κ2) is 7.36. The quantitative estimate of drug-likeness (QED) is 0.515. The number of carbonyl (C=O) groups is 1.